The van der Waals surface area contributed by atoms with Crippen LogP contribution in [0.25, 0.3) is 32.3 Å². The van der Waals surface area contributed by atoms with Gasteiger partial charge in [0.2, 0.25) is 0 Å². The lowest BCUT2D eigenvalue weighted by atomic mass is 9.92. The van der Waals surface area contributed by atoms with Crippen LogP contribution in [0, 0.1) is 0 Å². The van der Waals surface area contributed by atoms with Crippen LogP contribution in [-0.2, 0) is 11.3 Å². The van der Waals surface area contributed by atoms with Crippen molar-refractivity contribution in [2.75, 3.05) is 13.2 Å². The highest BCUT2D eigenvalue weighted by Gasteiger charge is 2.11. The number of benzene rings is 4. The first-order chi connectivity index (χ1) is 11.3. The largest absolute Gasteiger partial charge is 0.394 e. The molecule has 0 fully saturated rings. The first kappa shape index (κ1) is 14.4. The van der Waals surface area contributed by atoms with Gasteiger partial charge >= 0.3 is 0 Å². The molecular formula is C20H18O3. The molecule has 0 heterocycles. The summed E-state index contributed by atoms with van der Waals surface area (Å²) < 4.78 is 5.55. The molecule has 4 aromatic rings. The third-order valence-corrected chi connectivity index (χ3v) is 4.40. The van der Waals surface area contributed by atoms with E-state index in [-0.39, 0.29) is 13.2 Å². The third-order valence-electron chi connectivity index (χ3n) is 4.40. The van der Waals surface area contributed by atoms with E-state index in [9.17, 15) is 5.11 Å². The number of hydrogen-bond donors (Lipinski definition) is 2. The van der Waals surface area contributed by atoms with Gasteiger partial charge in [-0.05, 0) is 37.9 Å². The number of aliphatic hydroxyl groups is 2. The number of aliphatic hydroxyl groups excluding tert-OH is 2. The van der Waals surface area contributed by atoms with Gasteiger partial charge in [0.05, 0.1) is 19.8 Å². The molecule has 116 valence electrons. The zero-order chi connectivity index (χ0) is 15.8. The van der Waals surface area contributed by atoms with Gasteiger partial charge in [-0.25, -0.2) is 0 Å². The molecule has 0 aliphatic heterocycles. The molecule has 3 nitrogen and oxygen atoms in total. The molecule has 0 saturated heterocycles. The van der Waals surface area contributed by atoms with E-state index >= 15 is 0 Å². The smallest absolute Gasteiger partial charge is 0.100 e. The van der Waals surface area contributed by atoms with Crippen molar-refractivity contribution in [3.63, 3.8) is 0 Å². The van der Waals surface area contributed by atoms with E-state index in [1.165, 1.54) is 32.3 Å². The van der Waals surface area contributed by atoms with Gasteiger partial charge < -0.3 is 14.9 Å². The van der Waals surface area contributed by atoms with Crippen LogP contribution >= 0.6 is 0 Å². The van der Waals surface area contributed by atoms with Crippen LogP contribution in [0.4, 0.5) is 0 Å². The Balaban J connectivity index is 1.83. The van der Waals surface area contributed by atoms with Crippen molar-refractivity contribution in [1.29, 1.82) is 0 Å². The number of hydrogen-bond acceptors (Lipinski definition) is 3. The van der Waals surface area contributed by atoms with Crippen molar-refractivity contribution in [1.82, 2.24) is 0 Å². The maximum absolute atomic E-state index is 9.40. The third kappa shape index (κ3) is 2.43. The molecule has 23 heavy (non-hydrogen) atoms. The predicted molar refractivity (Wildman–Crippen MR) is 92.9 cm³/mol. The van der Waals surface area contributed by atoms with Gasteiger partial charge in [-0.15, -0.1) is 0 Å². The van der Waals surface area contributed by atoms with E-state index in [1.54, 1.807) is 0 Å². The highest BCUT2D eigenvalue weighted by molar-refractivity contribution is 6.23. The van der Waals surface area contributed by atoms with Crippen LogP contribution < -0.4 is 0 Å². The lowest BCUT2D eigenvalue weighted by Crippen LogP contribution is -2.19. The van der Waals surface area contributed by atoms with Gasteiger partial charge in [0.1, 0.15) is 6.10 Å². The van der Waals surface area contributed by atoms with Gasteiger partial charge in [-0.3, -0.25) is 0 Å². The Bertz CT molecular complexity index is 945. The molecule has 0 saturated carbocycles. The van der Waals surface area contributed by atoms with Crippen LogP contribution in [0.15, 0.2) is 54.6 Å². The van der Waals surface area contributed by atoms with Gasteiger partial charge in [0, 0.05) is 0 Å². The van der Waals surface area contributed by atoms with Crippen molar-refractivity contribution in [2.24, 2.45) is 0 Å². The summed E-state index contributed by atoms with van der Waals surface area (Å²) in [6.45, 7) is 0.280. The minimum Gasteiger partial charge on any atom is -0.394 e. The molecule has 4 aromatic carbocycles. The average Bonchev–Trinajstić information content (AvgIpc) is 2.60. The van der Waals surface area contributed by atoms with Crippen LogP contribution in [-0.4, -0.2) is 29.5 Å². The molecule has 4 rings (SSSR count). The maximum atomic E-state index is 9.40. The molecule has 1 atom stereocenters. The summed E-state index contributed by atoms with van der Waals surface area (Å²) in [4.78, 5) is 0. The topological polar surface area (TPSA) is 49.7 Å². The Morgan fingerprint density at radius 1 is 0.826 bits per heavy atom. The molecule has 3 heteroatoms. The normalized spacial score (nSPS) is 13.3. The van der Waals surface area contributed by atoms with Crippen LogP contribution in [0.2, 0.25) is 0 Å². The minimum absolute atomic E-state index is 0.137. The zero-order valence-corrected chi connectivity index (χ0v) is 12.7. The molecular weight excluding hydrogens is 288 g/mol. The molecule has 2 N–H and O–H groups in total. The van der Waals surface area contributed by atoms with E-state index in [0.29, 0.717) is 6.61 Å². The monoisotopic (exact) mass is 306 g/mol. The van der Waals surface area contributed by atoms with Crippen LogP contribution in [0.1, 0.15) is 5.56 Å². The van der Waals surface area contributed by atoms with Crippen molar-refractivity contribution in [3.8, 4) is 0 Å². The molecule has 0 aliphatic carbocycles. The van der Waals surface area contributed by atoms with Gasteiger partial charge in [-0.1, -0.05) is 54.6 Å². The molecule has 0 amide bonds. The second-order valence-electron chi connectivity index (χ2n) is 5.93. The second kappa shape index (κ2) is 5.78. The Kier molecular flexibility index (Phi) is 3.62. The minimum atomic E-state index is -0.824. The molecule has 0 bridgehead atoms. The number of rotatable bonds is 5. The Hall–Kier alpha value is -2.20. The van der Waals surface area contributed by atoms with Gasteiger partial charge in [-0.2, -0.15) is 0 Å². The van der Waals surface area contributed by atoms with Crippen molar-refractivity contribution in [2.45, 2.75) is 12.7 Å². The SMILES string of the molecule is OC[C@@H](O)COCc1ccc2ccc3cccc4ccc1c2c34. The summed E-state index contributed by atoms with van der Waals surface area (Å²) in [7, 11) is 0. The Labute approximate surface area is 134 Å². The molecule has 0 unspecified atom stereocenters. The highest BCUT2D eigenvalue weighted by Crippen LogP contribution is 2.35. The second-order valence-corrected chi connectivity index (χ2v) is 5.93. The van der Waals surface area contributed by atoms with Crippen molar-refractivity contribution in [3.05, 3.63) is 60.2 Å². The zero-order valence-electron chi connectivity index (χ0n) is 12.7. The molecule has 0 spiro atoms. The van der Waals surface area contributed by atoms with E-state index in [0.717, 1.165) is 5.56 Å². The fourth-order valence-corrected chi connectivity index (χ4v) is 3.28. The van der Waals surface area contributed by atoms with Crippen LogP contribution in [0.3, 0.4) is 0 Å². The van der Waals surface area contributed by atoms with Crippen molar-refractivity contribution < 1.29 is 14.9 Å². The van der Waals surface area contributed by atoms with Crippen molar-refractivity contribution >= 4 is 32.3 Å². The van der Waals surface area contributed by atoms with Crippen LogP contribution in [0.5, 0.6) is 0 Å². The van der Waals surface area contributed by atoms with E-state index < -0.39 is 6.10 Å². The number of ether oxygens (including phenoxy) is 1. The quantitative estimate of drug-likeness (QED) is 0.555. The van der Waals surface area contributed by atoms with E-state index in [2.05, 4.69) is 54.6 Å². The predicted octanol–water partition coefficient (Wildman–Crippen LogP) is 3.45. The Morgan fingerprint density at radius 3 is 2.22 bits per heavy atom. The maximum Gasteiger partial charge on any atom is 0.100 e. The highest BCUT2D eigenvalue weighted by atomic mass is 16.5. The fourth-order valence-electron chi connectivity index (χ4n) is 3.28. The average molecular weight is 306 g/mol. The van der Waals surface area contributed by atoms with E-state index in [1.807, 2.05) is 0 Å². The molecule has 0 aromatic heterocycles. The first-order valence-electron chi connectivity index (χ1n) is 7.80. The molecule has 0 aliphatic rings. The lowest BCUT2D eigenvalue weighted by molar-refractivity contribution is 0.000316. The summed E-state index contributed by atoms with van der Waals surface area (Å²) in [6, 6.07) is 19.2. The summed E-state index contributed by atoms with van der Waals surface area (Å²) in [6.07, 6.45) is -0.824. The fraction of sp³-hybridized carbons (Fsp3) is 0.200. The summed E-state index contributed by atoms with van der Waals surface area (Å²) >= 11 is 0. The summed E-state index contributed by atoms with van der Waals surface area (Å²) in [5, 5.41) is 25.7. The van der Waals surface area contributed by atoms with Gasteiger partial charge in [0.25, 0.3) is 0 Å². The Morgan fingerprint density at radius 2 is 1.48 bits per heavy atom. The summed E-state index contributed by atoms with van der Waals surface area (Å²) in [5.74, 6) is 0. The standard InChI is InChI=1S/C20H18O3/c21-10-17(22)12-23-11-16-7-6-15-5-4-13-2-1-3-14-8-9-18(16)20(15)19(13)14/h1-9,17,21-22H,10-12H2/t17-/m1/s1. The van der Waals surface area contributed by atoms with Gasteiger partial charge in [0.15, 0.2) is 0 Å². The summed E-state index contributed by atoms with van der Waals surface area (Å²) in [5.41, 5.74) is 1.10. The first-order valence-corrected chi connectivity index (χ1v) is 7.80. The molecule has 0 radical (unpaired) electrons. The van der Waals surface area contributed by atoms with E-state index in [4.69, 9.17) is 9.84 Å². The lowest BCUT2D eigenvalue weighted by Gasteiger charge is -2.14.